The molecule has 2 aromatic carbocycles. The summed E-state index contributed by atoms with van der Waals surface area (Å²) in [6, 6.07) is 13.9. The molecule has 3 heteroatoms. The zero-order valence-electron chi connectivity index (χ0n) is 10.5. The predicted molar refractivity (Wildman–Crippen MR) is 75.6 cm³/mol. The van der Waals surface area contributed by atoms with E-state index in [1.807, 2.05) is 36.4 Å². The van der Waals surface area contributed by atoms with Gasteiger partial charge in [-0.3, -0.25) is 0 Å². The average Bonchev–Trinajstić information content (AvgIpc) is 2.40. The Hall–Kier alpha value is -2.00. The van der Waals surface area contributed by atoms with E-state index in [-0.39, 0.29) is 0 Å². The Morgan fingerprint density at radius 1 is 1.06 bits per heavy atom. The number of ether oxygens (including phenoxy) is 1. The number of hydrogen-bond acceptors (Lipinski definition) is 3. The van der Waals surface area contributed by atoms with Crippen LogP contribution in [0.15, 0.2) is 42.5 Å². The lowest BCUT2D eigenvalue weighted by atomic mass is 9.99. The van der Waals surface area contributed by atoms with Crippen LogP contribution in [0, 0.1) is 0 Å². The molecule has 0 amide bonds. The molecule has 0 bridgehead atoms. The second kappa shape index (κ2) is 5.56. The molecule has 0 atom stereocenters. The first-order chi connectivity index (χ1) is 8.76. The zero-order chi connectivity index (χ0) is 13.0. The number of para-hydroxylation sites is 1. The highest BCUT2D eigenvalue weighted by molar-refractivity contribution is 5.80. The van der Waals surface area contributed by atoms with Crippen LogP contribution < -0.4 is 16.2 Å². The topological polar surface area (TPSA) is 61.3 Å². The summed E-state index contributed by atoms with van der Waals surface area (Å²) >= 11 is 0. The van der Waals surface area contributed by atoms with Crippen molar-refractivity contribution in [1.82, 2.24) is 0 Å². The summed E-state index contributed by atoms with van der Waals surface area (Å²) in [6.07, 6.45) is 0.851. The quantitative estimate of drug-likeness (QED) is 0.809. The van der Waals surface area contributed by atoms with Gasteiger partial charge in [-0.15, -0.1) is 0 Å². The Bertz CT molecular complexity index is 538. The molecule has 2 aromatic rings. The molecule has 0 radical (unpaired) electrons. The van der Waals surface area contributed by atoms with Crippen LogP contribution in [0.25, 0.3) is 11.1 Å². The summed E-state index contributed by atoms with van der Waals surface area (Å²) in [5, 5.41) is 0. The molecule has 0 unspecified atom stereocenters. The van der Waals surface area contributed by atoms with Crippen molar-refractivity contribution in [3.63, 3.8) is 0 Å². The number of rotatable bonds is 4. The molecule has 0 saturated carbocycles. The summed E-state index contributed by atoms with van der Waals surface area (Å²) in [7, 11) is 1.67. The Labute approximate surface area is 107 Å². The third kappa shape index (κ3) is 2.46. The number of nitrogens with two attached hydrogens (primary N) is 2. The Balaban J connectivity index is 2.53. The van der Waals surface area contributed by atoms with Gasteiger partial charge in [0, 0.05) is 16.8 Å². The van der Waals surface area contributed by atoms with Gasteiger partial charge in [0.15, 0.2) is 0 Å². The fourth-order valence-electron chi connectivity index (χ4n) is 2.03. The van der Waals surface area contributed by atoms with Crippen molar-refractivity contribution in [2.75, 3.05) is 19.4 Å². The van der Waals surface area contributed by atoms with Crippen LogP contribution >= 0.6 is 0 Å². The highest BCUT2D eigenvalue weighted by Gasteiger charge is 2.09. The van der Waals surface area contributed by atoms with Gasteiger partial charge >= 0.3 is 0 Å². The summed E-state index contributed by atoms with van der Waals surface area (Å²) in [4.78, 5) is 0. The van der Waals surface area contributed by atoms with Crippen molar-refractivity contribution >= 4 is 5.69 Å². The Morgan fingerprint density at radius 2 is 1.83 bits per heavy atom. The largest absolute Gasteiger partial charge is 0.496 e. The minimum absolute atomic E-state index is 0.635. The summed E-state index contributed by atoms with van der Waals surface area (Å²) < 4.78 is 5.40. The summed E-state index contributed by atoms with van der Waals surface area (Å²) in [5.41, 5.74) is 15.6. The SMILES string of the molecule is COc1ccc(CCN)cc1-c1ccccc1N. The monoisotopic (exact) mass is 242 g/mol. The standard InChI is InChI=1S/C15H18N2O/c1-18-15-7-6-11(8-9-16)10-13(15)12-4-2-3-5-14(12)17/h2-7,10H,8-9,16-17H2,1H3. The van der Waals surface area contributed by atoms with Crippen molar-refractivity contribution in [2.24, 2.45) is 5.73 Å². The lowest BCUT2D eigenvalue weighted by Crippen LogP contribution is -2.03. The molecule has 4 N–H and O–H groups in total. The fourth-order valence-corrected chi connectivity index (χ4v) is 2.03. The molecule has 0 saturated heterocycles. The molecular formula is C15H18N2O. The highest BCUT2D eigenvalue weighted by atomic mass is 16.5. The first kappa shape index (κ1) is 12.5. The molecule has 94 valence electrons. The van der Waals surface area contributed by atoms with Crippen LogP contribution in [0.4, 0.5) is 5.69 Å². The maximum atomic E-state index is 6.02. The van der Waals surface area contributed by atoms with Gasteiger partial charge in [0.05, 0.1) is 7.11 Å². The van der Waals surface area contributed by atoms with Crippen LogP contribution in [-0.4, -0.2) is 13.7 Å². The number of anilines is 1. The van der Waals surface area contributed by atoms with E-state index in [0.29, 0.717) is 6.54 Å². The van der Waals surface area contributed by atoms with Crippen LogP contribution in [0.3, 0.4) is 0 Å². The molecule has 0 aliphatic rings. The van der Waals surface area contributed by atoms with Gasteiger partial charge in [-0.1, -0.05) is 24.3 Å². The molecule has 0 spiro atoms. The van der Waals surface area contributed by atoms with Crippen LogP contribution in [-0.2, 0) is 6.42 Å². The van der Waals surface area contributed by atoms with Gasteiger partial charge in [-0.05, 0) is 36.7 Å². The van der Waals surface area contributed by atoms with E-state index >= 15 is 0 Å². The molecule has 3 nitrogen and oxygen atoms in total. The lowest BCUT2D eigenvalue weighted by Gasteiger charge is -2.12. The van der Waals surface area contributed by atoms with Crippen LogP contribution in [0.2, 0.25) is 0 Å². The number of nitrogen functional groups attached to an aromatic ring is 1. The molecule has 0 aromatic heterocycles. The molecule has 0 fully saturated rings. The smallest absolute Gasteiger partial charge is 0.126 e. The second-order valence-electron chi connectivity index (χ2n) is 4.16. The van der Waals surface area contributed by atoms with Crippen LogP contribution in [0.1, 0.15) is 5.56 Å². The van der Waals surface area contributed by atoms with E-state index < -0.39 is 0 Å². The molecule has 0 aliphatic heterocycles. The molecule has 18 heavy (non-hydrogen) atoms. The van der Waals surface area contributed by atoms with E-state index in [1.54, 1.807) is 7.11 Å². The third-order valence-corrected chi connectivity index (χ3v) is 2.95. The molecule has 0 aliphatic carbocycles. The van der Waals surface area contributed by atoms with Crippen molar-refractivity contribution in [1.29, 1.82) is 0 Å². The van der Waals surface area contributed by atoms with E-state index in [9.17, 15) is 0 Å². The van der Waals surface area contributed by atoms with E-state index in [0.717, 1.165) is 29.0 Å². The van der Waals surface area contributed by atoms with Crippen LogP contribution in [0.5, 0.6) is 5.75 Å². The van der Waals surface area contributed by atoms with Gasteiger partial charge in [-0.25, -0.2) is 0 Å². The van der Waals surface area contributed by atoms with Gasteiger partial charge in [0.1, 0.15) is 5.75 Å². The lowest BCUT2D eigenvalue weighted by molar-refractivity contribution is 0.416. The predicted octanol–water partition coefficient (Wildman–Crippen LogP) is 2.45. The third-order valence-electron chi connectivity index (χ3n) is 2.95. The molecule has 2 rings (SSSR count). The molecule has 0 heterocycles. The maximum absolute atomic E-state index is 6.02. The van der Waals surface area contributed by atoms with Crippen molar-refractivity contribution in [3.8, 4) is 16.9 Å². The summed E-state index contributed by atoms with van der Waals surface area (Å²) in [6.45, 7) is 0.635. The van der Waals surface area contributed by atoms with Gasteiger partial charge in [-0.2, -0.15) is 0 Å². The van der Waals surface area contributed by atoms with Gasteiger partial charge in [0.2, 0.25) is 0 Å². The minimum atomic E-state index is 0.635. The average molecular weight is 242 g/mol. The number of hydrogen-bond donors (Lipinski definition) is 2. The van der Waals surface area contributed by atoms with Gasteiger partial charge in [0.25, 0.3) is 0 Å². The van der Waals surface area contributed by atoms with Crippen molar-refractivity contribution < 1.29 is 4.74 Å². The normalized spacial score (nSPS) is 10.3. The van der Waals surface area contributed by atoms with E-state index in [1.165, 1.54) is 5.56 Å². The minimum Gasteiger partial charge on any atom is -0.496 e. The Morgan fingerprint density at radius 3 is 2.50 bits per heavy atom. The first-order valence-corrected chi connectivity index (χ1v) is 5.98. The Kier molecular flexibility index (Phi) is 3.85. The first-order valence-electron chi connectivity index (χ1n) is 5.98. The fraction of sp³-hybridized carbons (Fsp3) is 0.200. The molecular weight excluding hydrogens is 224 g/mol. The van der Waals surface area contributed by atoms with Crippen molar-refractivity contribution in [2.45, 2.75) is 6.42 Å². The highest BCUT2D eigenvalue weighted by Crippen LogP contribution is 2.34. The van der Waals surface area contributed by atoms with Gasteiger partial charge < -0.3 is 16.2 Å². The second-order valence-corrected chi connectivity index (χ2v) is 4.16. The zero-order valence-corrected chi connectivity index (χ0v) is 10.5. The van der Waals surface area contributed by atoms with Crippen molar-refractivity contribution in [3.05, 3.63) is 48.0 Å². The van der Waals surface area contributed by atoms with E-state index in [2.05, 4.69) is 6.07 Å². The maximum Gasteiger partial charge on any atom is 0.126 e. The van der Waals surface area contributed by atoms with E-state index in [4.69, 9.17) is 16.2 Å². The summed E-state index contributed by atoms with van der Waals surface area (Å²) in [5.74, 6) is 0.827. The number of benzene rings is 2. The number of methoxy groups -OCH3 is 1.